The fourth-order valence-corrected chi connectivity index (χ4v) is 1.68. The van der Waals surface area contributed by atoms with Crippen molar-refractivity contribution in [2.45, 2.75) is 26.7 Å². The van der Waals surface area contributed by atoms with Crippen molar-refractivity contribution in [1.29, 1.82) is 10.5 Å². The first kappa shape index (κ1) is 17.2. The lowest BCUT2D eigenvalue weighted by molar-refractivity contribution is -0.132. The number of carbonyl (C=O) groups excluding carboxylic acids is 1. The van der Waals surface area contributed by atoms with Gasteiger partial charge < -0.3 is 4.90 Å². The van der Waals surface area contributed by atoms with Gasteiger partial charge in [-0.3, -0.25) is 9.69 Å². The third-order valence-electron chi connectivity index (χ3n) is 2.64. The summed E-state index contributed by atoms with van der Waals surface area (Å²) in [7, 11) is 0. The minimum Gasteiger partial charge on any atom is -0.340 e. The first-order valence-electron chi connectivity index (χ1n) is 6.43. The Morgan fingerprint density at radius 3 is 2.05 bits per heavy atom. The average Bonchev–Trinajstić information content (AvgIpc) is 2.37. The Balaban J connectivity index is 4.47. The van der Waals surface area contributed by atoms with Gasteiger partial charge in [0.2, 0.25) is 5.91 Å². The Morgan fingerprint density at radius 1 is 1.16 bits per heavy atom. The Bertz CT molecular complexity index is 360. The third kappa shape index (κ3) is 7.96. The molecule has 0 rings (SSSR count). The first-order valence-corrected chi connectivity index (χ1v) is 6.43. The number of nitriles is 2. The summed E-state index contributed by atoms with van der Waals surface area (Å²) in [5.74, 6) is -0.0337. The molecule has 0 aliphatic rings. The van der Waals surface area contributed by atoms with E-state index >= 15 is 0 Å². The van der Waals surface area contributed by atoms with Crippen LogP contribution >= 0.6 is 0 Å². The van der Waals surface area contributed by atoms with Crippen LogP contribution in [0.5, 0.6) is 0 Å². The van der Waals surface area contributed by atoms with Gasteiger partial charge in [-0.1, -0.05) is 19.1 Å². The van der Waals surface area contributed by atoms with Crippen LogP contribution in [0.25, 0.3) is 0 Å². The predicted molar refractivity (Wildman–Crippen MR) is 74.0 cm³/mol. The lowest BCUT2D eigenvalue weighted by atomic mass is 10.3. The molecule has 19 heavy (non-hydrogen) atoms. The summed E-state index contributed by atoms with van der Waals surface area (Å²) in [5, 5.41) is 17.2. The zero-order valence-electron chi connectivity index (χ0n) is 11.9. The second-order valence-corrected chi connectivity index (χ2v) is 4.46. The van der Waals surface area contributed by atoms with E-state index in [2.05, 4.69) is 6.58 Å². The van der Waals surface area contributed by atoms with Crippen LogP contribution < -0.4 is 0 Å². The normalized spacial score (nSPS) is 9.74. The van der Waals surface area contributed by atoms with Crippen LogP contribution in [0.2, 0.25) is 0 Å². The Kier molecular flexibility index (Phi) is 9.12. The summed E-state index contributed by atoms with van der Waals surface area (Å²) in [4.78, 5) is 15.7. The van der Waals surface area contributed by atoms with Gasteiger partial charge in [-0.15, -0.1) is 0 Å². The molecular formula is C14H22N4O. The molecule has 0 atom stereocenters. The van der Waals surface area contributed by atoms with Crippen LogP contribution in [0.4, 0.5) is 0 Å². The molecule has 0 heterocycles. The van der Waals surface area contributed by atoms with Gasteiger partial charge in [0.05, 0.1) is 31.5 Å². The van der Waals surface area contributed by atoms with Gasteiger partial charge in [0.25, 0.3) is 0 Å². The minimum absolute atomic E-state index is 0.0337. The van der Waals surface area contributed by atoms with E-state index in [1.807, 2.05) is 30.9 Å². The quantitative estimate of drug-likeness (QED) is 0.591. The van der Waals surface area contributed by atoms with E-state index in [0.717, 1.165) is 12.1 Å². The number of hydrogen-bond acceptors (Lipinski definition) is 4. The highest BCUT2D eigenvalue weighted by molar-refractivity contribution is 5.78. The smallest absolute Gasteiger partial charge is 0.236 e. The lowest BCUT2D eigenvalue weighted by Crippen LogP contribution is -2.41. The van der Waals surface area contributed by atoms with E-state index in [-0.39, 0.29) is 5.91 Å². The maximum Gasteiger partial charge on any atom is 0.236 e. The van der Waals surface area contributed by atoms with Gasteiger partial charge in [0, 0.05) is 19.6 Å². The fourth-order valence-electron chi connectivity index (χ4n) is 1.68. The van der Waals surface area contributed by atoms with Crippen LogP contribution in [0, 0.1) is 22.7 Å². The van der Waals surface area contributed by atoms with Crippen LogP contribution in [-0.4, -0.2) is 48.4 Å². The summed E-state index contributed by atoms with van der Waals surface area (Å²) >= 11 is 0. The van der Waals surface area contributed by atoms with Crippen molar-refractivity contribution in [2.24, 2.45) is 0 Å². The van der Waals surface area contributed by atoms with E-state index in [9.17, 15) is 4.79 Å². The minimum atomic E-state index is -0.0337. The number of rotatable bonds is 9. The van der Waals surface area contributed by atoms with Crippen molar-refractivity contribution in [3.8, 4) is 12.1 Å². The number of hydrogen-bond donors (Lipinski definition) is 0. The van der Waals surface area contributed by atoms with Crippen molar-refractivity contribution >= 4 is 5.91 Å². The summed E-state index contributed by atoms with van der Waals surface area (Å²) < 4.78 is 0. The molecule has 0 radical (unpaired) electrons. The average molecular weight is 262 g/mol. The number of nitrogens with zero attached hydrogens (tertiary/aromatic N) is 4. The van der Waals surface area contributed by atoms with Gasteiger partial charge in [0.15, 0.2) is 0 Å². The zero-order valence-corrected chi connectivity index (χ0v) is 11.9. The monoisotopic (exact) mass is 262 g/mol. The molecule has 0 aromatic heterocycles. The molecule has 1 amide bonds. The molecule has 0 bridgehead atoms. The van der Waals surface area contributed by atoms with Gasteiger partial charge in [0.1, 0.15) is 0 Å². The van der Waals surface area contributed by atoms with Gasteiger partial charge in [-0.2, -0.15) is 10.5 Å². The molecule has 0 spiro atoms. The van der Waals surface area contributed by atoms with E-state index in [0.29, 0.717) is 39.0 Å². The fraction of sp³-hybridized carbons (Fsp3) is 0.643. The second kappa shape index (κ2) is 10.1. The SMILES string of the molecule is C=C(C)CN(CC)CC(=O)N(CCC#N)CCC#N. The summed E-state index contributed by atoms with van der Waals surface area (Å²) in [6, 6.07) is 4.05. The maximum atomic E-state index is 12.1. The molecule has 104 valence electrons. The Morgan fingerprint density at radius 2 is 1.68 bits per heavy atom. The molecule has 5 heteroatoms. The lowest BCUT2D eigenvalue weighted by Gasteiger charge is -2.25. The number of carbonyl (C=O) groups is 1. The molecule has 0 aromatic rings. The van der Waals surface area contributed by atoms with Crippen molar-refractivity contribution in [3.05, 3.63) is 12.2 Å². The standard InChI is InChI=1S/C14H22N4O/c1-4-17(11-13(2)3)12-14(19)18(9-5-7-15)10-6-8-16/h2,4-6,9-12H2,1,3H3. The molecule has 0 saturated carbocycles. The highest BCUT2D eigenvalue weighted by Crippen LogP contribution is 2.00. The van der Waals surface area contributed by atoms with Crippen molar-refractivity contribution in [1.82, 2.24) is 9.80 Å². The summed E-state index contributed by atoms with van der Waals surface area (Å²) in [6.07, 6.45) is 0.591. The molecular weight excluding hydrogens is 240 g/mol. The Labute approximate surface area is 115 Å². The number of amides is 1. The van der Waals surface area contributed by atoms with E-state index in [4.69, 9.17) is 10.5 Å². The van der Waals surface area contributed by atoms with Crippen molar-refractivity contribution in [2.75, 3.05) is 32.7 Å². The zero-order chi connectivity index (χ0) is 14.7. The molecule has 0 aromatic carbocycles. The molecule has 0 N–H and O–H groups in total. The highest BCUT2D eigenvalue weighted by Gasteiger charge is 2.16. The second-order valence-electron chi connectivity index (χ2n) is 4.46. The van der Waals surface area contributed by atoms with Crippen LogP contribution in [0.1, 0.15) is 26.7 Å². The van der Waals surface area contributed by atoms with E-state index < -0.39 is 0 Å². The van der Waals surface area contributed by atoms with Crippen LogP contribution in [-0.2, 0) is 4.79 Å². The maximum absolute atomic E-state index is 12.1. The molecule has 0 aliphatic heterocycles. The highest BCUT2D eigenvalue weighted by atomic mass is 16.2. The molecule has 0 aliphatic carbocycles. The molecule has 0 unspecified atom stereocenters. The Hall–Kier alpha value is -1.85. The first-order chi connectivity index (χ1) is 9.04. The van der Waals surface area contributed by atoms with E-state index in [1.165, 1.54) is 0 Å². The topological polar surface area (TPSA) is 71.1 Å². The van der Waals surface area contributed by atoms with Crippen molar-refractivity contribution in [3.63, 3.8) is 0 Å². The summed E-state index contributed by atoms with van der Waals surface area (Å²) in [5.41, 5.74) is 1.01. The van der Waals surface area contributed by atoms with Gasteiger partial charge >= 0.3 is 0 Å². The van der Waals surface area contributed by atoms with Crippen molar-refractivity contribution < 1.29 is 4.79 Å². The van der Waals surface area contributed by atoms with Crippen LogP contribution in [0.15, 0.2) is 12.2 Å². The predicted octanol–water partition coefficient (Wildman–Crippen LogP) is 1.54. The van der Waals surface area contributed by atoms with Gasteiger partial charge in [-0.25, -0.2) is 0 Å². The molecule has 0 fully saturated rings. The van der Waals surface area contributed by atoms with Gasteiger partial charge in [-0.05, 0) is 13.5 Å². The van der Waals surface area contributed by atoms with Crippen LogP contribution in [0.3, 0.4) is 0 Å². The molecule has 5 nitrogen and oxygen atoms in total. The third-order valence-corrected chi connectivity index (χ3v) is 2.64. The largest absolute Gasteiger partial charge is 0.340 e. The summed E-state index contributed by atoms with van der Waals surface area (Å²) in [6.45, 7) is 10.3. The number of likely N-dealkylation sites (N-methyl/N-ethyl adjacent to an activating group) is 1. The molecule has 0 saturated heterocycles. The van der Waals surface area contributed by atoms with E-state index in [1.54, 1.807) is 4.90 Å².